The van der Waals surface area contributed by atoms with Crippen molar-refractivity contribution in [2.24, 2.45) is 0 Å². The Bertz CT molecular complexity index is 640. The summed E-state index contributed by atoms with van der Waals surface area (Å²) >= 11 is 12.0. The fourth-order valence-electron chi connectivity index (χ4n) is 1.85. The van der Waals surface area contributed by atoms with Crippen molar-refractivity contribution in [3.05, 3.63) is 51.7 Å². The number of benzene rings is 1. The molecule has 6 nitrogen and oxygen atoms in total. The number of halogens is 2. The molecule has 0 aliphatic rings. The van der Waals surface area contributed by atoms with Crippen LogP contribution in [0.15, 0.2) is 29.0 Å². The van der Waals surface area contributed by atoms with E-state index in [1.807, 2.05) is 0 Å². The Labute approximate surface area is 137 Å². The second-order valence-electron chi connectivity index (χ2n) is 4.57. The van der Waals surface area contributed by atoms with E-state index in [9.17, 15) is 9.90 Å². The number of carbonyl (C=O) groups is 1. The van der Waals surface area contributed by atoms with E-state index >= 15 is 0 Å². The van der Waals surface area contributed by atoms with Crippen LogP contribution in [0.25, 0.3) is 0 Å². The van der Waals surface area contributed by atoms with E-state index < -0.39 is 12.1 Å². The molecule has 0 saturated heterocycles. The summed E-state index contributed by atoms with van der Waals surface area (Å²) in [7, 11) is 0. The molecule has 0 bridgehead atoms. The van der Waals surface area contributed by atoms with Gasteiger partial charge in [-0.1, -0.05) is 29.3 Å². The van der Waals surface area contributed by atoms with Crippen LogP contribution in [0.2, 0.25) is 10.0 Å². The molecule has 22 heavy (non-hydrogen) atoms. The van der Waals surface area contributed by atoms with Crippen molar-refractivity contribution < 1.29 is 14.3 Å². The number of urea groups is 1. The standard InChI is InChI=1S/C14H15Cl2N3O3/c1-8-11(19-7-22-8)5-17-14(21)18-6-12(20)13-9(15)3-2-4-10(13)16/h2-4,7,12,20H,5-6H2,1H3,(H2,17,18,21). The van der Waals surface area contributed by atoms with Gasteiger partial charge in [-0.15, -0.1) is 0 Å². The number of aliphatic hydroxyl groups is 1. The number of oxazole rings is 1. The molecule has 118 valence electrons. The molecule has 8 heteroatoms. The second-order valence-corrected chi connectivity index (χ2v) is 5.38. The highest BCUT2D eigenvalue weighted by Crippen LogP contribution is 2.29. The fraction of sp³-hybridized carbons (Fsp3) is 0.286. The number of hydrogen-bond acceptors (Lipinski definition) is 4. The summed E-state index contributed by atoms with van der Waals surface area (Å²) in [5.41, 5.74) is 1.03. The van der Waals surface area contributed by atoms with E-state index in [0.29, 0.717) is 27.1 Å². The normalized spacial score (nSPS) is 12.0. The lowest BCUT2D eigenvalue weighted by atomic mass is 10.1. The first-order chi connectivity index (χ1) is 10.5. The Morgan fingerprint density at radius 1 is 1.36 bits per heavy atom. The molecule has 0 aliphatic carbocycles. The fourth-order valence-corrected chi connectivity index (χ4v) is 2.49. The Balaban J connectivity index is 1.84. The third-order valence-corrected chi connectivity index (χ3v) is 3.71. The van der Waals surface area contributed by atoms with Crippen LogP contribution in [-0.2, 0) is 6.54 Å². The van der Waals surface area contributed by atoms with Gasteiger partial charge in [0, 0.05) is 22.2 Å². The van der Waals surface area contributed by atoms with E-state index in [1.165, 1.54) is 6.39 Å². The van der Waals surface area contributed by atoms with Gasteiger partial charge in [-0.05, 0) is 19.1 Å². The molecule has 1 atom stereocenters. The minimum absolute atomic E-state index is 0.0207. The van der Waals surface area contributed by atoms with Gasteiger partial charge in [0.1, 0.15) is 11.5 Å². The van der Waals surface area contributed by atoms with Crippen LogP contribution in [0.5, 0.6) is 0 Å². The molecule has 1 aromatic heterocycles. The van der Waals surface area contributed by atoms with Crippen LogP contribution in [0, 0.1) is 6.92 Å². The summed E-state index contributed by atoms with van der Waals surface area (Å²) in [5, 5.41) is 15.9. The van der Waals surface area contributed by atoms with Crippen LogP contribution in [0.3, 0.4) is 0 Å². The zero-order valence-electron chi connectivity index (χ0n) is 11.8. The highest BCUT2D eigenvalue weighted by atomic mass is 35.5. The van der Waals surface area contributed by atoms with Crippen molar-refractivity contribution in [3.63, 3.8) is 0 Å². The number of amides is 2. The number of nitrogens with one attached hydrogen (secondary N) is 2. The number of aryl methyl sites for hydroxylation is 1. The molecule has 2 amide bonds. The van der Waals surface area contributed by atoms with E-state index in [-0.39, 0.29) is 13.1 Å². The first-order valence-electron chi connectivity index (χ1n) is 6.51. The second kappa shape index (κ2) is 7.49. The zero-order chi connectivity index (χ0) is 16.1. The molecule has 0 saturated carbocycles. The molecule has 1 unspecified atom stereocenters. The number of nitrogens with zero attached hydrogens (tertiary/aromatic N) is 1. The van der Waals surface area contributed by atoms with Gasteiger partial charge >= 0.3 is 6.03 Å². The number of aromatic nitrogens is 1. The van der Waals surface area contributed by atoms with Crippen molar-refractivity contribution >= 4 is 29.2 Å². The Hall–Kier alpha value is -1.76. The first kappa shape index (κ1) is 16.6. The van der Waals surface area contributed by atoms with Crippen LogP contribution in [-0.4, -0.2) is 22.7 Å². The van der Waals surface area contributed by atoms with Gasteiger partial charge in [-0.2, -0.15) is 0 Å². The summed E-state index contributed by atoms with van der Waals surface area (Å²) in [6, 6.07) is 4.49. The molecule has 0 aliphatic heterocycles. The van der Waals surface area contributed by atoms with Crippen molar-refractivity contribution in [1.29, 1.82) is 0 Å². The molecule has 1 heterocycles. The van der Waals surface area contributed by atoms with Crippen LogP contribution in [0.1, 0.15) is 23.1 Å². The monoisotopic (exact) mass is 343 g/mol. The smallest absolute Gasteiger partial charge is 0.315 e. The molecule has 0 spiro atoms. The number of rotatable bonds is 5. The van der Waals surface area contributed by atoms with E-state index in [0.717, 1.165) is 0 Å². The Morgan fingerprint density at radius 2 is 2.05 bits per heavy atom. The number of carbonyl (C=O) groups excluding carboxylic acids is 1. The topological polar surface area (TPSA) is 87.4 Å². The highest BCUT2D eigenvalue weighted by molar-refractivity contribution is 6.36. The van der Waals surface area contributed by atoms with Crippen molar-refractivity contribution in [1.82, 2.24) is 15.6 Å². The van der Waals surface area contributed by atoms with Gasteiger partial charge in [-0.25, -0.2) is 9.78 Å². The third-order valence-electron chi connectivity index (χ3n) is 3.05. The number of hydrogen-bond donors (Lipinski definition) is 3. The highest BCUT2D eigenvalue weighted by Gasteiger charge is 2.16. The van der Waals surface area contributed by atoms with Gasteiger partial charge in [0.05, 0.1) is 12.6 Å². The van der Waals surface area contributed by atoms with E-state index in [1.54, 1.807) is 25.1 Å². The van der Waals surface area contributed by atoms with Crippen LogP contribution in [0.4, 0.5) is 4.79 Å². The molecule has 0 radical (unpaired) electrons. The lowest BCUT2D eigenvalue weighted by molar-refractivity contribution is 0.173. The maximum Gasteiger partial charge on any atom is 0.315 e. The molecular weight excluding hydrogens is 329 g/mol. The number of aliphatic hydroxyl groups excluding tert-OH is 1. The minimum atomic E-state index is -0.999. The molecule has 3 N–H and O–H groups in total. The van der Waals surface area contributed by atoms with Gasteiger partial charge in [-0.3, -0.25) is 0 Å². The van der Waals surface area contributed by atoms with E-state index in [4.69, 9.17) is 27.6 Å². The van der Waals surface area contributed by atoms with Gasteiger partial charge < -0.3 is 20.2 Å². The molecule has 2 aromatic rings. The largest absolute Gasteiger partial charge is 0.448 e. The quantitative estimate of drug-likeness (QED) is 0.778. The molecule has 0 fully saturated rings. The molecule has 1 aromatic carbocycles. The van der Waals surface area contributed by atoms with Crippen molar-refractivity contribution in [3.8, 4) is 0 Å². The van der Waals surface area contributed by atoms with Crippen LogP contribution < -0.4 is 10.6 Å². The average Bonchev–Trinajstić information content (AvgIpc) is 2.88. The summed E-state index contributed by atoms with van der Waals surface area (Å²) < 4.78 is 5.03. The summed E-state index contributed by atoms with van der Waals surface area (Å²) in [6.07, 6.45) is 0.314. The Morgan fingerprint density at radius 3 is 2.64 bits per heavy atom. The maximum atomic E-state index is 11.7. The van der Waals surface area contributed by atoms with Gasteiger partial charge in [0.2, 0.25) is 0 Å². The predicted molar refractivity (Wildman–Crippen MR) is 82.9 cm³/mol. The summed E-state index contributed by atoms with van der Waals surface area (Å²) in [5.74, 6) is 0.642. The van der Waals surface area contributed by atoms with Gasteiger partial charge in [0.25, 0.3) is 0 Å². The average molecular weight is 344 g/mol. The van der Waals surface area contributed by atoms with Gasteiger partial charge in [0.15, 0.2) is 6.39 Å². The molecular formula is C14H15Cl2N3O3. The Kier molecular flexibility index (Phi) is 5.65. The predicted octanol–water partition coefficient (Wildman–Crippen LogP) is 2.82. The minimum Gasteiger partial charge on any atom is -0.448 e. The van der Waals surface area contributed by atoms with Crippen molar-refractivity contribution in [2.45, 2.75) is 19.6 Å². The summed E-state index contributed by atoms with van der Waals surface area (Å²) in [6.45, 7) is 1.97. The maximum absolute atomic E-state index is 11.7. The van der Waals surface area contributed by atoms with Crippen LogP contribution >= 0.6 is 23.2 Å². The first-order valence-corrected chi connectivity index (χ1v) is 7.27. The lowest BCUT2D eigenvalue weighted by Crippen LogP contribution is -2.37. The zero-order valence-corrected chi connectivity index (χ0v) is 13.3. The lowest BCUT2D eigenvalue weighted by Gasteiger charge is -2.15. The summed E-state index contributed by atoms with van der Waals surface area (Å²) in [4.78, 5) is 15.7. The SMILES string of the molecule is Cc1ocnc1CNC(=O)NCC(O)c1c(Cl)cccc1Cl. The molecule has 2 rings (SSSR count). The van der Waals surface area contributed by atoms with E-state index in [2.05, 4.69) is 15.6 Å². The third kappa shape index (κ3) is 4.13. The van der Waals surface area contributed by atoms with Crippen molar-refractivity contribution in [2.75, 3.05) is 6.54 Å².